The van der Waals surface area contributed by atoms with Crippen molar-refractivity contribution in [1.82, 2.24) is 9.29 Å². The van der Waals surface area contributed by atoms with Crippen LogP contribution in [-0.2, 0) is 10.0 Å². The second kappa shape index (κ2) is 7.72. The Bertz CT molecular complexity index is 1130. The molecule has 0 aliphatic carbocycles. The standard InChI is InChI=1S/C22H26N2O4S/c1-15-22(18-6-4-5-7-19(18)23-15)16-10-12-24(13-11-16)29(25,26)21-14-17(27-2)8-9-20(21)28-3/h4-9,14,16,23H,10-13H2,1-3H3. The van der Waals surface area contributed by atoms with Crippen LogP contribution < -0.4 is 9.47 Å². The van der Waals surface area contributed by atoms with Gasteiger partial charge < -0.3 is 14.5 Å². The number of fused-ring (bicyclic) bond motifs is 1. The lowest BCUT2D eigenvalue weighted by Crippen LogP contribution is -2.38. The summed E-state index contributed by atoms with van der Waals surface area (Å²) in [4.78, 5) is 3.61. The maximum Gasteiger partial charge on any atom is 0.246 e. The number of hydrogen-bond acceptors (Lipinski definition) is 4. The first-order chi connectivity index (χ1) is 14.0. The van der Waals surface area contributed by atoms with Crippen molar-refractivity contribution in [1.29, 1.82) is 0 Å². The van der Waals surface area contributed by atoms with Crippen LogP contribution in [0.5, 0.6) is 11.5 Å². The van der Waals surface area contributed by atoms with Crippen molar-refractivity contribution in [3.05, 3.63) is 53.7 Å². The van der Waals surface area contributed by atoms with E-state index in [4.69, 9.17) is 9.47 Å². The van der Waals surface area contributed by atoms with Crippen molar-refractivity contribution >= 4 is 20.9 Å². The zero-order chi connectivity index (χ0) is 20.6. The highest BCUT2D eigenvalue weighted by molar-refractivity contribution is 7.89. The highest BCUT2D eigenvalue weighted by Gasteiger charge is 2.33. The van der Waals surface area contributed by atoms with E-state index in [1.165, 1.54) is 36.9 Å². The fourth-order valence-electron chi connectivity index (χ4n) is 4.33. The summed E-state index contributed by atoms with van der Waals surface area (Å²) in [6.45, 7) is 3.05. The number of rotatable bonds is 5. The van der Waals surface area contributed by atoms with Gasteiger partial charge in [-0.2, -0.15) is 4.31 Å². The summed E-state index contributed by atoms with van der Waals surface area (Å²) < 4.78 is 38.7. The highest BCUT2D eigenvalue weighted by Crippen LogP contribution is 2.38. The van der Waals surface area contributed by atoms with Crippen molar-refractivity contribution in [3.63, 3.8) is 0 Å². The van der Waals surface area contributed by atoms with Gasteiger partial charge in [0.1, 0.15) is 16.4 Å². The first kappa shape index (κ1) is 19.8. The topological polar surface area (TPSA) is 71.6 Å². The van der Waals surface area contributed by atoms with E-state index in [-0.39, 0.29) is 4.90 Å². The van der Waals surface area contributed by atoms with Crippen LogP contribution in [0.15, 0.2) is 47.4 Å². The third kappa shape index (κ3) is 3.49. The molecule has 0 unspecified atom stereocenters. The minimum atomic E-state index is -3.66. The van der Waals surface area contributed by atoms with Gasteiger partial charge in [0, 0.05) is 35.8 Å². The van der Waals surface area contributed by atoms with E-state index in [0.717, 1.165) is 18.4 Å². The summed E-state index contributed by atoms with van der Waals surface area (Å²) in [7, 11) is -0.662. The van der Waals surface area contributed by atoms with Crippen LogP contribution in [0.25, 0.3) is 10.9 Å². The number of aromatic amines is 1. The van der Waals surface area contributed by atoms with Gasteiger partial charge in [0.2, 0.25) is 10.0 Å². The van der Waals surface area contributed by atoms with Gasteiger partial charge in [-0.3, -0.25) is 0 Å². The van der Waals surface area contributed by atoms with Gasteiger partial charge in [-0.15, -0.1) is 0 Å². The maximum atomic E-state index is 13.3. The summed E-state index contributed by atoms with van der Waals surface area (Å²) in [5.74, 6) is 1.17. The van der Waals surface area contributed by atoms with E-state index in [1.807, 2.05) is 12.1 Å². The molecule has 0 bridgehead atoms. The Morgan fingerprint density at radius 1 is 1.03 bits per heavy atom. The molecular weight excluding hydrogens is 388 g/mol. The molecule has 1 aliphatic rings. The Morgan fingerprint density at radius 2 is 1.76 bits per heavy atom. The van der Waals surface area contributed by atoms with E-state index in [9.17, 15) is 8.42 Å². The largest absolute Gasteiger partial charge is 0.497 e. The second-order valence-corrected chi connectivity index (χ2v) is 9.31. The maximum absolute atomic E-state index is 13.3. The summed E-state index contributed by atoms with van der Waals surface area (Å²) in [6, 6.07) is 13.2. The zero-order valence-corrected chi connectivity index (χ0v) is 17.8. The Balaban J connectivity index is 1.59. The molecule has 1 aliphatic heterocycles. The number of para-hydroxylation sites is 1. The predicted molar refractivity (Wildman–Crippen MR) is 113 cm³/mol. The monoisotopic (exact) mass is 414 g/mol. The van der Waals surface area contributed by atoms with Gasteiger partial charge in [-0.1, -0.05) is 18.2 Å². The van der Waals surface area contributed by atoms with E-state index in [1.54, 1.807) is 16.4 Å². The number of sulfonamides is 1. The molecule has 1 N–H and O–H groups in total. The summed E-state index contributed by atoms with van der Waals surface area (Å²) in [5, 5.41) is 1.24. The van der Waals surface area contributed by atoms with Crippen LogP contribution in [0.3, 0.4) is 0 Å². The quantitative estimate of drug-likeness (QED) is 0.683. The van der Waals surface area contributed by atoms with Crippen LogP contribution >= 0.6 is 0 Å². The van der Waals surface area contributed by atoms with Crippen LogP contribution in [-0.4, -0.2) is 45.0 Å². The molecule has 0 spiro atoms. The minimum absolute atomic E-state index is 0.154. The predicted octanol–water partition coefficient (Wildman–Crippen LogP) is 4.06. The van der Waals surface area contributed by atoms with Gasteiger partial charge in [0.25, 0.3) is 0 Å². The summed E-state index contributed by atoms with van der Waals surface area (Å²) in [5.41, 5.74) is 3.62. The minimum Gasteiger partial charge on any atom is -0.497 e. The number of aryl methyl sites for hydroxylation is 1. The highest BCUT2D eigenvalue weighted by atomic mass is 32.2. The molecule has 2 aromatic carbocycles. The van der Waals surface area contributed by atoms with Crippen molar-refractivity contribution < 1.29 is 17.9 Å². The van der Waals surface area contributed by atoms with Gasteiger partial charge in [-0.25, -0.2) is 8.42 Å². The Labute approximate surface area is 171 Å². The van der Waals surface area contributed by atoms with Crippen LogP contribution in [0.4, 0.5) is 0 Å². The number of ether oxygens (including phenoxy) is 2. The average Bonchev–Trinajstić information content (AvgIpc) is 3.09. The third-order valence-electron chi connectivity index (χ3n) is 5.79. The van der Waals surface area contributed by atoms with Crippen molar-refractivity contribution in [3.8, 4) is 11.5 Å². The SMILES string of the molecule is COc1ccc(OC)c(S(=O)(=O)N2CCC(c3c(C)[nH]c4ccccc34)CC2)c1. The Morgan fingerprint density at radius 3 is 2.45 bits per heavy atom. The fraction of sp³-hybridized carbons (Fsp3) is 0.364. The number of benzene rings is 2. The van der Waals surface area contributed by atoms with Crippen LogP contribution in [0.2, 0.25) is 0 Å². The molecule has 2 heterocycles. The Hall–Kier alpha value is -2.51. The molecule has 0 atom stereocenters. The van der Waals surface area contributed by atoms with E-state index < -0.39 is 10.0 Å². The third-order valence-corrected chi connectivity index (χ3v) is 7.71. The van der Waals surface area contributed by atoms with Gasteiger partial charge in [-0.05, 0) is 49.4 Å². The number of methoxy groups -OCH3 is 2. The molecule has 1 fully saturated rings. The first-order valence-corrected chi connectivity index (χ1v) is 11.2. The number of piperidine rings is 1. The van der Waals surface area contributed by atoms with E-state index in [2.05, 4.69) is 24.0 Å². The van der Waals surface area contributed by atoms with Crippen LogP contribution in [0.1, 0.15) is 30.0 Å². The molecular formula is C22H26N2O4S. The summed E-state index contributed by atoms with van der Waals surface area (Å²) >= 11 is 0. The van der Waals surface area contributed by atoms with Crippen molar-refractivity contribution in [2.75, 3.05) is 27.3 Å². The molecule has 7 heteroatoms. The molecule has 0 amide bonds. The number of nitrogens with one attached hydrogen (secondary N) is 1. The number of H-pyrrole nitrogens is 1. The average molecular weight is 415 g/mol. The smallest absolute Gasteiger partial charge is 0.246 e. The number of hydrogen-bond donors (Lipinski definition) is 1. The molecule has 154 valence electrons. The summed E-state index contributed by atoms with van der Waals surface area (Å²) in [6.07, 6.45) is 1.57. The molecule has 3 aromatic rings. The molecule has 1 saturated heterocycles. The fourth-order valence-corrected chi connectivity index (χ4v) is 5.97. The van der Waals surface area contributed by atoms with Gasteiger partial charge in [0.15, 0.2) is 0 Å². The van der Waals surface area contributed by atoms with Crippen molar-refractivity contribution in [2.24, 2.45) is 0 Å². The normalized spacial score (nSPS) is 16.2. The van der Waals surface area contributed by atoms with Gasteiger partial charge in [0.05, 0.1) is 14.2 Å². The molecule has 29 heavy (non-hydrogen) atoms. The zero-order valence-electron chi connectivity index (χ0n) is 16.9. The first-order valence-electron chi connectivity index (χ1n) is 9.75. The molecule has 1 aromatic heterocycles. The lowest BCUT2D eigenvalue weighted by Gasteiger charge is -2.32. The lowest BCUT2D eigenvalue weighted by atomic mass is 9.88. The number of nitrogens with zero attached hydrogens (tertiary/aromatic N) is 1. The molecule has 0 saturated carbocycles. The molecule has 6 nitrogen and oxygen atoms in total. The van der Waals surface area contributed by atoms with Gasteiger partial charge >= 0.3 is 0 Å². The second-order valence-electron chi connectivity index (χ2n) is 7.40. The van der Waals surface area contributed by atoms with E-state index >= 15 is 0 Å². The Kier molecular flexibility index (Phi) is 5.27. The van der Waals surface area contributed by atoms with Crippen LogP contribution in [0, 0.1) is 6.92 Å². The lowest BCUT2D eigenvalue weighted by molar-refractivity contribution is 0.317. The van der Waals surface area contributed by atoms with E-state index in [0.29, 0.717) is 30.5 Å². The number of aromatic nitrogens is 1. The van der Waals surface area contributed by atoms with Crippen molar-refractivity contribution in [2.45, 2.75) is 30.6 Å². The molecule has 0 radical (unpaired) electrons. The molecule has 4 rings (SSSR count).